The molecule has 0 rings (SSSR count). The van der Waals surface area contributed by atoms with E-state index in [0.717, 1.165) is 11.8 Å². The van der Waals surface area contributed by atoms with E-state index in [0.29, 0.717) is 0 Å². The van der Waals surface area contributed by atoms with Gasteiger partial charge >= 0.3 is 0 Å². The normalized spacial score (nSPS) is 14.8. The molecule has 0 radical (unpaired) electrons. The van der Waals surface area contributed by atoms with Crippen molar-refractivity contribution in [1.82, 2.24) is 5.32 Å². The highest BCUT2D eigenvalue weighted by molar-refractivity contribution is 4.77. The van der Waals surface area contributed by atoms with Gasteiger partial charge in [0.1, 0.15) is 0 Å². The Morgan fingerprint density at radius 2 is 1.08 bits per heavy atom. The third-order valence-corrected chi connectivity index (χ3v) is 5.44. The molecule has 0 amide bonds. The van der Waals surface area contributed by atoms with Gasteiger partial charge in [-0.05, 0) is 45.6 Å². The first-order valence-electron chi connectivity index (χ1n) is 11.2. The van der Waals surface area contributed by atoms with E-state index in [1.165, 1.54) is 90.0 Å². The Morgan fingerprint density at radius 3 is 1.58 bits per heavy atom. The predicted molar refractivity (Wildman–Crippen MR) is 112 cm³/mol. The Kier molecular flexibility index (Phi) is 15.2. The smallest absolute Gasteiger partial charge is 0.00966 e. The van der Waals surface area contributed by atoms with Crippen molar-refractivity contribution in [3.63, 3.8) is 0 Å². The lowest BCUT2D eigenvalue weighted by Crippen LogP contribution is -2.40. The number of nitrogens with one attached hydrogen (secondary N) is 1. The average molecular weight is 340 g/mol. The lowest BCUT2D eigenvalue weighted by atomic mass is 9.81. The molecule has 146 valence electrons. The van der Waals surface area contributed by atoms with Gasteiger partial charge in [-0.3, -0.25) is 0 Å². The quantitative estimate of drug-likeness (QED) is 0.283. The van der Waals surface area contributed by atoms with Gasteiger partial charge in [-0.15, -0.1) is 0 Å². The minimum atomic E-state index is 0.250. The van der Waals surface area contributed by atoms with E-state index < -0.39 is 0 Å². The maximum atomic E-state index is 3.80. The lowest BCUT2D eigenvalue weighted by molar-refractivity contribution is 0.241. The predicted octanol–water partition coefficient (Wildman–Crippen LogP) is 7.74. The van der Waals surface area contributed by atoms with Crippen molar-refractivity contribution in [3.05, 3.63) is 0 Å². The van der Waals surface area contributed by atoms with Gasteiger partial charge < -0.3 is 5.32 Å². The summed E-state index contributed by atoms with van der Waals surface area (Å²) in [6, 6.07) is 0. The van der Waals surface area contributed by atoms with Crippen molar-refractivity contribution in [2.45, 2.75) is 131 Å². The number of rotatable bonds is 16. The van der Waals surface area contributed by atoms with E-state index in [1.807, 2.05) is 0 Å². The second kappa shape index (κ2) is 15.2. The van der Waals surface area contributed by atoms with Crippen LogP contribution in [0.1, 0.15) is 125 Å². The molecule has 0 spiro atoms. The number of hydrogen-bond acceptors (Lipinski definition) is 1. The zero-order chi connectivity index (χ0) is 18.3. The van der Waals surface area contributed by atoms with Crippen LogP contribution < -0.4 is 5.32 Å². The molecular formula is C23H49N. The molecule has 1 nitrogen and oxygen atoms in total. The van der Waals surface area contributed by atoms with Crippen molar-refractivity contribution in [2.24, 2.45) is 11.8 Å². The summed E-state index contributed by atoms with van der Waals surface area (Å²) >= 11 is 0. The topological polar surface area (TPSA) is 12.0 Å². The van der Waals surface area contributed by atoms with Crippen LogP contribution in [0, 0.1) is 11.8 Å². The molecular weight excluding hydrogens is 290 g/mol. The van der Waals surface area contributed by atoms with E-state index in [2.05, 4.69) is 46.9 Å². The van der Waals surface area contributed by atoms with Gasteiger partial charge in [-0.1, -0.05) is 97.8 Å². The van der Waals surface area contributed by atoms with Gasteiger partial charge in [-0.25, -0.2) is 0 Å². The third kappa shape index (κ3) is 14.3. The zero-order valence-electron chi connectivity index (χ0n) is 18.1. The molecule has 1 heteroatoms. The standard InChI is InChI=1S/C23H49N/c1-7-10-12-14-15-17-19-22(20-24-23(4,5)6)21(9-3)18-16-13-11-8-2/h21-22,24H,7-20H2,1-6H3. The molecule has 2 unspecified atom stereocenters. The highest BCUT2D eigenvalue weighted by Crippen LogP contribution is 2.28. The monoisotopic (exact) mass is 339 g/mol. The lowest BCUT2D eigenvalue weighted by Gasteiger charge is -2.31. The minimum absolute atomic E-state index is 0.250. The molecule has 2 atom stereocenters. The minimum Gasteiger partial charge on any atom is -0.312 e. The molecule has 0 aliphatic heterocycles. The highest BCUT2D eigenvalue weighted by atomic mass is 14.9. The maximum absolute atomic E-state index is 3.80. The fraction of sp³-hybridized carbons (Fsp3) is 1.00. The van der Waals surface area contributed by atoms with Gasteiger partial charge in [0, 0.05) is 5.54 Å². The first-order chi connectivity index (χ1) is 11.4. The second-order valence-electron chi connectivity index (χ2n) is 8.97. The molecule has 0 aliphatic rings. The zero-order valence-corrected chi connectivity index (χ0v) is 18.1. The summed E-state index contributed by atoms with van der Waals surface area (Å²) < 4.78 is 0. The second-order valence-corrected chi connectivity index (χ2v) is 8.97. The molecule has 0 bridgehead atoms. The van der Waals surface area contributed by atoms with Crippen LogP contribution in [0.5, 0.6) is 0 Å². The van der Waals surface area contributed by atoms with Crippen LogP contribution in [0.4, 0.5) is 0 Å². The Balaban J connectivity index is 4.30. The molecule has 0 heterocycles. The Bertz CT molecular complexity index is 253. The van der Waals surface area contributed by atoms with Crippen LogP contribution in [0.15, 0.2) is 0 Å². The van der Waals surface area contributed by atoms with Crippen LogP contribution in [0.25, 0.3) is 0 Å². The van der Waals surface area contributed by atoms with Crippen molar-refractivity contribution >= 4 is 0 Å². The summed E-state index contributed by atoms with van der Waals surface area (Å²) in [6.07, 6.45) is 18.4. The molecule has 0 aliphatic carbocycles. The van der Waals surface area contributed by atoms with E-state index in [9.17, 15) is 0 Å². The molecule has 0 aromatic rings. The summed E-state index contributed by atoms with van der Waals surface area (Å²) in [6.45, 7) is 15.1. The first kappa shape index (κ1) is 24.0. The van der Waals surface area contributed by atoms with Gasteiger partial charge in [0.25, 0.3) is 0 Å². The summed E-state index contributed by atoms with van der Waals surface area (Å²) in [5.41, 5.74) is 0.250. The molecule has 0 aromatic carbocycles. The largest absolute Gasteiger partial charge is 0.312 e. The maximum Gasteiger partial charge on any atom is 0.00966 e. The molecule has 0 aromatic heterocycles. The Labute approximate surface area is 154 Å². The molecule has 0 saturated carbocycles. The highest BCUT2D eigenvalue weighted by Gasteiger charge is 2.21. The summed E-state index contributed by atoms with van der Waals surface area (Å²) in [5, 5.41) is 3.80. The molecule has 0 saturated heterocycles. The fourth-order valence-electron chi connectivity index (χ4n) is 3.74. The van der Waals surface area contributed by atoms with Crippen molar-refractivity contribution in [3.8, 4) is 0 Å². The first-order valence-corrected chi connectivity index (χ1v) is 11.2. The van der Waals surface area contributed by atoms with E-state index in [1.54, 1.807) is 0 Å². The fourth-order valence-corrected chi connectivity index (χ4v) is 3.74. The van der Waals surface area contributed by atoms with Crippen molar-refractivity contribution < 1.29 is 0 Å². The average Bonchev–Trinajstić information content (AvgIpc) is 2.53. The summed E-state index contributed by atoms with van der Waals surface area (Å²) in [5.74, 6) is 1.80. The Hall–Kier alpha value is -0.0400. The van der Waals surface area contributed by atoms with Gasteiger partial charge in [0.05, 0.1) is 0 Å². The van der Waals surface area contributed by atoms with Gasteiger partial charge in [-0.2, -0.15) is 0 Å². The summed E-state index contributed by atoms with van der Waals surface area (Å²) in [7, 11) is 0. The number of unbranched alkanes of at least 4 members (excludes halogenated alkanes) is 8. The third-order valence-electron chi connectivity index (χ3n) is 5.44. The Morgan fingerprint density at radius 1 is 0.625 bits per heavy atom. The van der Waals surface area contributed by atoms with Gasteiger partial charge in [0.2, 0.25) is 0 Å². The van der Waals surface area contributed by atoms with E-state index in [4.69, 9.17) is 0 Å². The van der Waals surface area contributed by atoms with Crippen LogP contribution in [-0.4, -0.2) is 12.1 Å². The van der Waals surface area contributed by atoms with Crippen LogP contribution in [-0.2, 0) is 0 Å². The SMILES string of the molecule is CCCCCCCCC(CNC(C)(C)C)C(CC)CCCCCC. The summed E-state index contributed by atoms with van der Waals surface area (Å²) in [4.78, 5) is 0. The molecule has 1 N–H and O–H groups in total. The van der Waals surface area contributed by atoms with Crippen LogP contribution in [0.2, 0.25) is 0 Å². The van der Waals surface area contributed by atoms with Crippen molar-refractivity contribution in [2.75, 3.05) is 6.54 Å². The van der Waals surface area contributed by atoms with Gasteiger partial charge in [0.15, 0.2) is 0 Å². The molecule has 24 heavy (non-hydrogen) atoms. The van der Waals surface area contributed by atoms with E-state index >= 15 is 0 Å². The molecule has 0 fully saturated rings. The van der Waals surface area contributed by atoms with Crippen LogP contribution >= 0.6 is 0 Å². The van der Waals surface area contributed by atoms with E-state index in [-0.39, 0.29) is 5.54 Å². The van der Waals surface area contributed by atoms with Crippen molar-refractivity contribution in [1.29, 1.82) is 0 Å². The van der Waals surface area contributed by atoms with Crippen LogP contribution in [0.3, 0.4) is 0 Å². The number of hydrogen-bond donors (Lipinski definition) is 1.